The number of rotatable bonds is 6. The lowest BCUT2D eigenvalue weighted by molar-refractivity contribution is -0.118. The Morgan fingerprint density at radius 3 is 2.37 bits per heavy atom. The quantitative estimate of drug-likeness (QED) is 0.343. The molecule has 1 atom stereocenters. The van der Waals surface area contributed by atoms with Crippen LogP contribution in [-0.4, -0.2) is 27.1 Å². The molecule has 0 aliphatic rings. The van der Waals surface area contributed by atoms with E-state index in [-0.39, 0.29) is 17.2 Å². The Labute approximate surface area is 202 Å². The van der Waals surface area contributed by atoms with E-state index < -0.39 is 5.92 Å². The highest BCUT2D eigenvalue weighted by Crippen LogP contribution is 2.40. The molecule has 1 unspecified atom stereocenters. The minimum Gasteiger partial charge on any atom is -0.507 e. The number of benzene rings is 3. The highest BCUT2D eigenvalue weighted by Gasteiger charge is 2.30. The summed E-state index contributed by atoms with van der Waals surface area (Å²) >= 11 is 0. The average Bonchev–Trinajstić information content (AvgIpc) is 3.23. The van der Waals surface area contributed by atoms with Gasteiger partial charge < -0.3 is 20.0 Å². The number of fused-ring (bicyclic) bond motifs is 2. The number of aromatic amines is 1. The number of carbonyl (C=O) groups is 1. The Hall–Kier alpha value is -4.32. The number of hydrogen-bond donors (Lipinski definition) is 3. The van der Waals surface area contributed by atoms with Gasteiger partial charge in [0.15, 0.2) is 0 Å². The molecule has 0 saturated carbocycles. The van der Waals surface area contributed by atoms with Crippen LogP contribution in [-0.2, 0) is 18.3 Å². The molecule has 0 bridgehead atoms. The number of amides is 1. The number of hydrogen-bond acceptors (Lipinski definition) is 3. The lowest BCUT2D eigenvalue weighted by Gasteiger charge is -2.22. The Kier molecular flexibility index (Phi) is 5.87. The molecule has 0 spiro atoms. The zero-order valence-electron chi connectivity index (χ0n) is 19.7. The number of pyridine rings is 1. The number of para-hydroxylation sites is 2. The van der Waals surface area contributed by atoms with E-state index in [1.807, 2.05) is 78.9 Å². The third-order valence-corrected chi connectivity index (χ3v) is 6.62. The monoisotopic (exact) mass is 465 g/mol. The largest absolute Gasteiger partial charge is 0.507 e. The Morgan fingerprint density at radius 2 is 1.63 bits per heavy atom. The number of nitrogens with one attached hydrogen (secondary N) is 2. The summed E-state index contributed by atoms with van der Waals surface area (Å²) in [5, 5.41) is 16.0. The van der Waals surface area contributed by atoms with E-state index in [0.717, 1.165) is 27.7 Å². The van der Waals surface area contributed by atoms with Crippen LogP contribution in [0, 0.1) is 0 Å². The molecule has 5 rings (SSSR count). The number of aromatic hydroxyl groups is 1. The summed E-state index contributed by atoms with van der Waals surface area (Å²) in [7, 11) is 1.73. The fourth-order valence-electron chi connectivity index (χ4n) is 4.99. The Balaban J connectivity index is 1.82. The number of carbonyl (C=O) groups excluding carboxylic acids is 1. The molecular weight excluding hydrogens is 438 g/mol. The second-order valence-electron chi connectivity index (χ2n) is 8.78. The van der Waals surface area contributed by atoms with Crippen LogP contribution in [0.3, 0.4) is 0 Å². The number of H-pyrrole nitrogens is 1. The summed E-state index contributed by atoms with van der Waals surface area (Å²) in [4.78, 5) is 28.9. The van der Waals surface area contributed by atoms with Crippen LogP contribution in [0.4, 0.5) is 0 Å². The first-order valence-electron chi connectivity index (χ1n) is 11.7. The van der Waals surface area contributed by atoms with E-state index in [0.29, 0.717) is 29.4 Å². The van der Waals surface area contributed by atoms with Crippen molar-refractivity contribution in [3.05, 3.63) is 112 Å². The molecule has 5 aromatic rings. The lowest BCUT2D eigenvalue weighted by atomic mass is 9.85. The second kappa shape index (κ2) is 9.14. The average molecular weight is 466 g/mol. The molecule has 0 radical (unpaired) electrons. The highest BCUT2D eigenvalue weighted by atomic mass is 16.3. The molecule has 176 valence electrons. The molecule has 0 saturated heterocycles. The van der Waals surface area contributed by atoms with Gasteiger partial charge in [0.05, 0.1) is 17.0 Å². The van der Waals surface area contributed by atoms with Gasteiger partial charge in [0, 0.05) is 42.5 Å². The maximum Gasteiger partial charge on any atom is 0.258 e. The third-order valence-electron chi connectivity index (χ3n) is 6.62. The lowest BCUT2D eigenvalue weighted by Crippen LogP contribution is -2.26. The maximum absolute atomic E-state index is 13.8. The van der Waals surface area contributed by atoms with Crippen molar-refractivity contribution in [3.8, 4) is 5.75 Å². The summed E-state index contributed by atoms with van der Waals surface area (Å²) in [6.45, 7) is 1.97. The molecule has 35 heavy (non-hydrogen) atoms. The van der Waals surface area contributed by atoms with Crippen molar-refractivity contribution in [2.45, 2.75) is 19.3 Å². The van der Waals surface area contributed by atoms with E-state index >= 15 is 0 Å². The maximum atomic E-state index is 13.8. The first kappa shape index (κ1) is 22.5. The highest BCUT2D eigenvalue weighted by molar-refractivity contribution is 5.88. The second-order valence-corrected chi connectivity index (χ2v) is 8.78. The molecule has 0 aliphatic carbocycles. The van der Waals surface area contributed by atoms with Crippen LogP contribution in [0.1, 0.15) is 35.2 Å². The fraction of sp³-hybridized carbons (Fsp3) is 0.172. The molecule has 0 aliphatic heterocycles. The summed E-state index contributed by atoms with van der Waals surface area (Å²) in [6.07, 6.45) is 0.580. The van der Waals surface area contributed by atoms with Crippen LogP contribution in [0.25, 0.3) is 21.8 Å². The van der Waals surface area contributed by atoms with Crippen LogP contribution in [0.5, 0.6) is 5.75 Å². The zero-order chi connectivity index (χ0) is 24.5. The van der Waals surface area contributed by atoms with Gasteiger partial charge in [-0.3, -0.25) is 9.59 Å². The molecule has 3 N–H and O–H groups in total. The van der Waals surface area contributed by atoms with Gasteiger partial charge in [-0.25, -0.2) is 0 Å². The van der Waals surface area contributed by atoms with Crippen LogP contribution in [0.2, 0.25) is 0 Å². The number of nitrogens with zero attached hydrogens (tertiary/aromatic N) is 1. The van der Waals surface area contributed by atoms with Gasteiger partial charge in [-0.1, -0.05) is 60.7 Å². The van der Waals surface area contributed by atoms with Gasteiger partial charge in [0.2, 0.25) is 5.91 Å². The molecular formula is C29H27N3O3. The van der Waals surface area contributed by atoms with Gasteiger partial charge in [-0.05, 0) is 35.7 Å². The van der Waals surface area contributed by atoms with Crippen molar-refractivity contribution in [1.82, 2.24) is 14.9 Å². The molecule has 6 nitrogen and oxygen atoms in total. The summed E-state index contributed by atoms with van der Waals surface area (Å²) in [5.41, 5.74) is 4.43. The summed E-state index contributed by atoms with van der Waals surface area (Å²) in [6, 6.07) is 25.1. The zero-order valence-corrected chi connectivity index (χ0v) is 19.7. The first-order valence-corrected chi connectivity index (χ1v) is 11.7. The van der Waals surface area contributed by atoms with E-state index in [2.05, 4.69) is 10.3 Å². The van der Waals surface area contributed by atoms with Crippen LogP contribution in [0.15, 0.2) is 83.7 Å². The molecule has 2 heterocycles. The van der Waals surface area contributed by atoms with Gasteiger partial charge in [0.1, 0.15) is 5.75 Å². The van der Waals surface area contributed by atoms with Gasteiger partial charge in [-0.2, -0.15) is 0 Å². The van der Waals surface area contributed by atoms with E-state index in [9.17, 15) is 14.7 Å². The molecule has 2 aromatic heterocycles. The van der Waals surface area contributed by atoms with E-state index in [4.69, 9.17) is 0 Å². The third kappa shape index (κ3) is 3.97. The van der Waals surface area contributed by atoms with Crippen molar-refractivity contribution in [1.29, 1.82) is 0 Å². The van der Waals surface area contributed by atoms with Crippen molar-refractivity contribution in [3.63, 3.8) is 0 Å². The van der Waals surface area contributed by atoms with Crippen LogP contribution >= 0.6 is 0 Å². The Bertz CT molecular complexity index is 1600. The molecule has 1 amide bonds. The van der Waals surface area contributed by atoms with Gasteiger partial charge in [-0.15, -0.1) is 0 Å². The van der Waals surface area contributed by atoms with Crippen molar-refractivity contribution < 1.29 is 9.90 Å². The van der Waals surface area contributed by atoms with Gasteiger partial charge in [0.25, 0.3) is 5.56 Å². The minimum absolute atomic E-state index is 0.0102. The number of aromatic nitrogens is 2. The fourth-order valence-corrected chi connectivity index (χ4v) is 4.99. The Morgan fingerprint density at radius 1 is 0.971 bits per heavy atom. The topological polar surface area (TPSA) is 87.1 Å². The van der Waals surface area contributed by atoms with Crippen molar-refractivity contribution >= 4 is 27.7 Å². The van der Waals surface area contributed by atoms with Crippen molar-refractivity contribution in [2.75, 3.05) is 6.54 Å². The molecule has 0 fully saturated rings. The normalized spacial score (nSPS) is 12.2. The van der Waals surface area contributed by atoms with Crippen molar-refractivity contribution in [2.24, 2.45) is 7.05 Å². The molecule has 6 heteroatoms. The van der Waals surface area contributed by atoms with Gasteiger partial charge >= 0.3 is 0 Å². The predicted molar refractivity (Wildman–Crippen MR) is 139 cm³/mol. The van der Waals surface area contributed by atoms with E-state index in [1.54, 1.807) is 11.6 Å². The van der Waals surface area contributed by atoms with E-state index in [1.165, 1.54) is 6.92 Å². The predicted octanol–water partition coefficient (Wildman–Crippen LogP) is 4.58. The molecule has 3 aromatic carbocycles. The number of aryl methyl sites for hydroxylation is 1. The minimum atomic E-state index is -0.528. The first-order chi connectivity index (χ1) is 17.0. The smallest absolute Gasteiger partial charge is 0.258 e. The van der Waals surface area contributed by atoms with Crippen LogP contribution < -0.4 is 10.9 Å². The summed E-state index contributed by atoms with van der Waals surface area (Å²) in [5.74, 6) is -0.629. The SMILES string of the molecule is CC(=O)NCCc1c(C(c2ccccc2)c2c(O)c3ccccc3n(C)c2=O)[nH]c2ccccc12. The summed E-state index contributed by atoms with van der Waals surface area (Å²) < 4.78 is 1.60. The standard InChI is InChI=1S/C29H27N3O3/c1-18(33)30-17-16-21-20-12-6-8-14-23(20)31-27(21)25(19-10-4-3-5-11-19)26-28(34)22-13-7-9-15-24(22)32(2)29(26)35/h3-15,25,31,34H,16-17H2,1-2H3,(H,30,33).